The Morgan fingerprint density at radius 2 is 1.47 bits per heavy atom. The van der Waals surface area contributed by atoms with E-state index in [1.165, 1.54) is 5.56 Å². The zero-order chi connectivity index (χ0) is 22.7. The number of primary amides is 1. The van der Waals surface area contributed by atoms with Crippen LogP contribution in [0.2, 0.25) is 0 Å². The van der Waals surface area contributed by atoms with E-state index in [0.717, 1.165) is 36.9 Å². The van der Waals surface area contributed by atoms with Crippen LogP contribution in [0.5, 0.6) is 0 Å². The number of aromatic nitrogens is 3. The molecule has 0 spiro atoms. The van der Waals surface area contributed by atoms with Gasteiger partial charge in [-0.2, -0.15) is 0 Å². The largest absolute Gasteiger partial charge is 1.00 e. The zero-order valence-electron chi connectivity index (χ0n) is 19.0. The molecule has 1 fully saturated rings. The van der Waals surface area contributed by atoms with Crippen LogP contribution in [0.3, 0.4) is 0 Å². The fourth-order valence-electron chi connectivity index (χ4n) is 5.52. The lowest BCUT2D eigenvalue weighted by Gasteiger charge is -2.37. The Bertz CT molecular complexity index is 1170. The molecular formula is C28H29BrN4O. The molecule has 1 aliphatic rings. The standard InChI is InChI=1S/C28H28N4O.BrH/c29-27(33)28(23-12-6-2-7-13-23,24-14-8-3-9-15-24)25-16-17-26(18-25)32-21-31(20-30-32)19-22-10-4-1-5-11-22;/h1-15,20-21,25-26H,16-19H2,(H-,29,33);1H/t25-,26+;/m0./s1. The van der Waals surface area contributed by atoms with Gasteiger partial charge in [0.1, 0.15) is 11.5 Å². The third-order valence-corrected chi connectivity index (χ3v) is 7.05. The van der Waals surface area contributed by atoms with Gasteiger partial charge in [-0.1, -0.05) is 91.0 Å². The molecule has 0 radical (unpaired) electrons. The van der Waals surface area contributed by atoms with Gasteiger partial charge in [-0.05, 0) is 41.9 Å². The number of carbonyl (C=O) groups is 1. The molecule has 0 unspecified atom stereocenters. The second-order valence-electron chi connectivity index (χ2n) is 8.95. The maximum absolute atomic E-state index is 13.3. The fraction of sp³-hybridized carbons (Fsp3) is 0.250. The molecule has 0 bridgehead atoms. The summed E-state index contributed by atoms with van der Waals surface area (Å²) in [5.41, 5.74) is 8.54. The molecule has 34 heavy (non-hydrogen) atoms. The lowest BCUT2D eigenvalue weighted by Crippen LogP contribution is -3.00. The number of carbonyl (C=O) groups excluding carboxylic acids is 1. The summed E-state index contributed by atoms with van der Waals surface area (Å²) in [5.74, 6) is -0.193. The van der Waals surface area contributed by atoms with Crippen LogP contribution in [0.4, 0.5) is 0 Å². The van der Waals surface area contributed by atoms with Crippen LogP contribution in [0.25, 0.3) is 0 Å². The van der Waals surface area contributed by atoms with E-state index in [1.807, 2.05) is 73.1 Å². The molecule has 4 aromatic rings. The van der Waals surface area contributed by atoms with Gasteiger partial charge in [0.2, 0.25) is 12.2 Å². The van der Waals surface area contributed by atoms with Crippen molar-refractivity contribution in [2.75, 3.05) is 0 Å². The lowest BCUT2D eigenvalue weighted by molar-refractivity contribution is -0.689. The van der Waals surface area contributed by atoms with Gasteiger partial charge in [0.15, 0.2) is 0 Å². The number of nitrogens with two attached hydrogens (primary N) is 1. The number of benzene rings is 3. The second kappa shape index (κ2) is 10.3. The molecule has 0 saturated heterocycles. The minimum atomic E-state index is -0.857. The Labute approximate surface area is 211 Å². The third kappa shape index (κ3) is 4.42. The van der Waals surface area contributed by atoms with Gasteiger partial charge in [-0.3, -0.25) is 4.79 Å². The summed E-state index contributed by atoms with van der Waals surface area (Å²) in [6, 6.07) is 30.7. The molecule has 5 nitrogen and oxygen atoms in total. The van der Waals surface area contributed by atoms with Crippen LogP contribution < -0.4 is 27.3 Å². The van der Waals surface area contributed by atoms with Gasteiger partial charge in [0, 0.05) is 5.10 Å². The third-order valence-electron chi connectivity index (χ3n) is 7.05. The van der Waals surface area contributed by atoms with Crippen molar-refractivity contribution in [1.82, 2.24) is 9.78 Å². The summed E-state index contributed by atoms with van der Waals surface area (Å²) >= 11 is 0. The van der Waals surface area contributed by atoms with E-state index in [-0.39, 0.29) is 34.8 Å². The van der Waals surface area contributed by atoms with Crippen molar-refractivity contribution in [2.24, 2.45) is 11.7 Å². The van der Waals surface area contributed by atoms with Gasteiger partial charge in [-0.15, -0.1) is 4.68 Å². The quantitative estimate of drug-likeness (QED) is 0.373. The van der Waals surface area contributed by atoms with E-state index in [2.05, 4.69) is 44.9 Å². The van der Waals surface area contributed by atoms with Crippen LogP contribution in [0.15, 0.2) is 104 Å². The van der Waals surface area contributed by atoms with Crippen molar-refractivity contribution in [3.63, 3.8) is 0 Å². The molecule has 6 heteroatoms. The molecule has 5 rings (SSSR count). The minimum absolute atomic E-state index is 0. The maximum atomic E-state index is 13.3. The highest BCUT2D eigenvalue weighted by Gasteiger charge is 2.51. The normalized spacial score (nSPS) is 17.8. The van der Waals surface area contributed by atoms with Crippen molar-refractivity contribution in [3.05, 3.63) is 120 Å². The molecule has 1 aliphatic carbocycles. The smallest absolute Gasteiger partial charge is 0.265 e. The highest BCUT2D eigenvalue weighted by molar-refractivity contribution is 5.91. The first-order valence-electron chi connectivity index (χ1n) is 11.6. The van der Waals surface area contributed by atoms with E-state index in [1.54, 1.807) is 0 Å². The van der Waals surface area contributed by atoms with Crippen LogP contribution in [0.1, 0.15) is 42.0 Å². The summed E-state index contributed by atoms with van der Waals surface area (Å²) in [6.45, 7) is 0.788. The maximum Gasteiger partial charge on any atom is 0.265 e. The van der Waals surface area contributed by atoms with Crippen LogP contribution in [-0.4, -0.2) is 15.7 Å². The summed E-state index contributed by atoms with van der Waals surface area (Å²) in [4.78, 5) is 13.3. The summed E-state index contributed by atoms with van der Waals surface area (Å²) in [7, 11) is 0. The summed E-state index contributed by atoms with van der Waals surface area (Å²) in [5, 5.41) is 4.66. The average molecular weight is 517 g/mol. The van der Waals surface area contributed by atoms with Crippen molar-refractivity contribution in [1.29, 1.82) is 0 Å². The van der Waals surface area contributed by atoms with Crippen LogP contribution >= 0.6 is 0 Å². The Balaban J connectivity index is 0.00000274. The minimum Gasteiger partial charge on any atom is -1.00 e. The number of hydrogen-bond acceptors (Lipinski definition) is 2. The lowest BCUT2D eigenvalue weighted by atomic mass is 9.64. The topological polar surface area (TPSA) is 64.8 Å². The van der Waals surface area contributed by atoms with Gasteiger partial charge < -0.3 is 22.7 Å². The van der Waals surface area contributed by atoms with Gasteiger partial charge in [-0.25, -0.2) is 4.57 Å². The van der Waals surface area contributed by atoms with E-state index >= 15 is 0 Å². The Morgan fingerprint density at radius 3 is 2.03 bits per heavy atom. The van der Waals surface area contributed by atoms with Gasteiger partial charge >= 0.3 is 0 Å². The van der Waals surface area contributed by atoms with Crippen molar-refractivity contribution in [2.45, 2.75) is 37.3 Å². The van der Waals surface area contributed by atoms with Crippen LogP contribution in [0, 0.1) is 5.92 Å². The first-order chi connectivity index (χ1) is 16.2. The summed E-state index contributed by atoms with van der Waals surface area (Å²) < 4.78 is 4.17. The molecule has 2 atom stereocenters. The van der Waals surface area contributed by atoms with Crippen LogP contribution in [-0.2, 0) is 16.8 Å². The number of hydrogen-bond donors (Lipinski definition) is 1. The molecule has 1 heterocycles. The molecule has 174 valence electrons. The zero-order valence-corrected chi connectivity index (χ0v) is 20.6. The van der Waals surface area contributed by atoms with E-state index < -0.39 is 5.41 Å². The second-order valence-corrected chi connectivity index (χ2v) is 8.95. The highest BCUT2D eigenvalue weighted by Crippen LogP contribution is 2.49. The Morgan fingerprint density at radius 1 is 0.912 bits per heavy atom. The first kappa shape index (κ1) is 23.9. The van der Waals surface area contributed by atoms with Gasteiger partial charge in [0.25, 0.3) is 6.33 Å². The number of rotatable bonds is 7. The molecule has 2 N–H and O–H groups in total. The average Bonchev–Trinajstić information content (AvgIpc) is 3.52. The fourth-order valence-corrected chi connectivity index (χ4v) is 5.52. The predicted octanol–water partition coefficient (Wildman–Crippen LogP) is 1.04. The van der Waals surface area contributed by atoms with Crippen molar-refractivity contribution >= 4 is 5.91 Å². The Hall–Kier alpha value is -3.25. The number of amides is 1. The first-order valence-corrected chi connectivity index (χ1v) is 11.6. The van der Waals surface area contributed by atoms with Gasteiger partial charge in [0.05, 0.1) is 6.54 Å². The van der Waals surface area contributed by atoms with E-state index in [9.17, 15) is 4.79 Å². The monoisotopic (exact) mass is 516 g/mol. The molecule has 1 saturated carbocycles. The molecular weight excluding hydrogens is 488 g/mol. The highest BCUT2D eigenvalue weighted by atomic mass is 79.9. The predicted molar refractivity (Wildman–Crippen MR) is 127 cm³/mol. The number of nitrogens with zero attached hydrogens (tertiary/aromatic N) is 3. The molecule has 1 aromatic heterocycles. The molecule has 0 aliphatic heterocycles. The summed E-state index contributed by atoms with van der Waals surface area (Å²) in [6.07, 6.45) is 6.69. The SMILES string of the molecule is NC(=O)C(c1ccccc1)(c1ccccc1)[C@H]1CC[C@@H](n2c[n+](Cc3ccccc3)cn2)C1.[Br-]. The number of halogens is 1. The molecule has 3 aromatic carbocycles. The Kier molecular flexibility index (Phi) is 7.27. The molecule has 1 amide bonds. The van der Waals surface area contributed by atoms with E-state index in [0.29, 0.717) is 0 Å². The van der Waals surface area contributed by atoms with E-state index in [4.69, 9.17) is 5.73 Å². The van der Waals surface area contributed by atoms with Crippen molar-refractivity contribution < 1.29 is 26.3 Å². The van der Waals surface area contributed by atoms with Crippen molar-refractivity contribution in [3.8, 4) is 0 Å².